The molecule has 0 spiro atoms. The lowest BCUT2D eigenvalue weighted by atomic mass is 10.1. The summed E-state index contributed by atoms with van der Waals surface area (Å²) in [7, 11) is 1.49. The molecule has 0 saturated carbocycles. The van der Waals surface area contributed by atoms with Crippen LogP contribution in [-0.2, 0) is 0 Å². The molecule has 126 valence electrons. The van der Waals surface area contributed by atoms with Gasteiger partial charge in [-0.25, -0.2) is 9.38 Å². The second kappa shape index (κ2) is 5.60. The van der Waals surface area contributed by atoms with E-state index in [1.807, 2.05) is 26.0 Å². The number of ether oxygens (including phenoxy) is 1. The van der Waals surface area contributed by atoms with Gasteiger partial charge in [0.25, 0.3) is 5.56 Å². The fourth-order valence-electron chi connectivity index (χ4n) is 2.85. The Morgan fingerprint density at radius 3 is 2.72 bits per heavy atom. The SMILES string of the molecule is COc1cc(/C=c2/sc3nc4cc(C)c(C)cc4n3c2=O)ccc1O. The van der Waals surface area contributed by atoms with E-state index in [1.165, 1.54) is 18.4 Å². The predicted octanol–water partition coefficient (Wildman–Crippen LogP) is 2.79. The first-order chi connectivity index (χ1) is 12.0. The van der Waals surface area contributed by atoms with Gasteiger partial charge in [0.1, 0.15) is 0 Å². The minimum Gasteiger partial charge on any atom is -0.504 e. The highest BCUT2D eigenvalue weighted by Gasteiger charge is 2.12. The van der Waals surface area contributed by atoms with Gasteiger partial charge in [-0.05, 0) is 60.9 Å². The van der Waals surface area contributed by atoms with Crippen LogP contribution in [0.2, 0.25) is 0 Å². The molecule has 4 rings (SSSR count). The Morgan fingerprint density at radius 2 is 1.96 bits per heavy atom. The lowest BCUT2D eigenvalue weighted by Crippen LogP contribution is -2.22. The molecule has 6 heteroatoms. The number of thiazole rings is 1. The van der Waals surface area contributed by atoms with E-state index in [2.05, 4.69) is 4.98 Å². The Morgan fingerprint density at radius 1 is 1.20 bits per heavy atom. The molecule has 0 aliphatic carbocycles. The Bertz CT molecular complexity index is 1240. The monoisotopic (exact) mass is 352 g/mol. The van der Waals surface area contributed by atoms with Crippen molar-refractivity contribution < 1.29 is 9.84 Å². The van der Waals surface area contributed by atoms with Crippen LogP contribution in [0.3, 0.4) is 0 Å². The molecule has 0 aliphatic rings. The maximum absolute atomic E-state index is 12.8. The number of phenolic OH excluding ortho intramolecular Hbond substituents is 1. The van der Waals surface area contributed by atoms with E-state index >= 15 is 0 Å². The maximum Gasteiger partial charge on any atom is 0.274 e. The molecule has 0 unspecified atom stereocenters. The Hall–Kier alpha value is -2.86. The van der Waals surface area contributed by atoms with E-state index in [-0.39, 0.29) is 11.3 Å². The molecule has 25 heavy (non-hydrogen) atoms. The van der Waals surface area contributed by atoms with Gasteiger partial charge in [-0.2, -0.15) is 0 Å². The van der Waals surface area contributed by atoms with Gasteiger partial charge in [-0.15, -0.1) is 0 Å². The lowest BCUT2D eigenvalue weighted by molar-refractivity contribution is 0.373. The maximum atomic E-state index is 12.8. The van der Waals surface area contributed by atoms with Crippen molar-refractivity contribution in [3.05, 3.63) is 61.9 Å². The first-order valence-corrected chi connectivity index (χ1v) is 8.60. The number of hydrogen-bond acceptors (Lipinski definition) is 5. The summed E-state index contributed by atoms with van der Waals surface area (Å²) < 4.78 is 7.37. The smallest absolute Gasteiger partial charge is 0.274 e. The number of fused-ring (bicyclic) bond motifs is 3. The summed E-state index contributed by atoms with van der Waals surface area (Å²) in [5.41, 5.74) is 4.67. The highest BCUT2D eigenvalue weighted by molar-refractivity contribution is 7.15. The largest absolute Gasteiger partial charge is 0.504 e. The Balaban J connectivity index is 1.96. The summed E-state index contributed by atoms with van der Waals surface area (Å²) >= 11 is 1.35. The zero-order valence-corrected chi connectivity index (χ0v) is 14.8. The molecule has 2 aromatic carbocycles. The Labute approximate surface area is 147 Å². The minimum atomic E-state index is -0.0854. The number of methoxy groups -OCH3 is 1. The first-order valence-electron chi connectivity index (χ1n) is 7.79. The average Bonchev–Trinajstić information content (AvgIpc) is 3.07. The van der Waals surface area contributed by atoms with Crippen LogP contribution in [0.15, 0.2) is 35.1 Å². The van der Waals surface area contributed by atoms with Gasteiger partial charge >= 0.3 is 0 Å². The zero-order chi connectivity index (χ0) is 17.7. The summed E-state index contributed by atoms with van der Waals surface area (Å²) in [6.07, 6.45) is 1.79. The topological polar surface area (TPSA) is 63.8 Å². The molecule has 2 heterocycles. The number of aromatic nitrogens is 2. The van der Waals surface area contributed by atoms with Crippen molar-refractivity contribution in [3.63, 3.8) is 0 Å². The van der Waals surface area contributed by atoms with Crippen molar-refractivity contribution in [1.82, 2.24) is 9.38 Å². The van der Waals surface area contributed by atoms with Gasteiger partial charge in [-0.3, -0.25) is 4.79 Å². The number of nitrogens with zero attached hydrogens (tertiary/aromatic N) is 2. The third kappa shape index (κ3) is 2.46. The second-order valence-electron chi connectivity index (χ2n) is 6.00. The molecule has 0 amide bonds. The van der Waals surface area contributed by atoms with Crippen LogP contribution in [0.4, 0.5) is 0 Å². The van der Waals surface area contributed by atoms with Crippen LogP contribution < -0.4 is 14.8 Å². The highest BCUT2D eigenvalue weighted by atomic mass is 32.1. The molecule has 0 atom stereocenters. The van der Waals surface area contributed by atoms with Gasteiger partial charge in [0.2, 0.25) is 0 Å². The number of aromatic hydroxyl groups is 1. The molecule has 0 fully saturated rings. The molecule has 0 saturated heterocycles. The van der Waals surface area contributed by atoms with Crippen LogP contribution in [0.1, 0.15) is 16.7 Å². The van der Waals surface area contributed by atoms with Crippen LogP contribution in [0, 0.1) is 13.8 Å². The number of aryl methyl sites for hydroxylation is 2. The van der Waals surface area contributed by atoms with Crippen molar-refractivity contribution in [1.29, 1.82) is 0 Å². The molecule has 2 aromatic heterocycles. The normalized spacial score (nSPS) is 12.4. The van der Waals surface area contributed by atoms with Gasteiger partial charge in [-0.1, -0.05) is 17.4 Å². The average molecular weight is 352 g/mol. The van der Waals surface area contributed by atoms with Crippen molar-refractivity contribution >= 4 is 33.4 Å². The summed E-state index contributed by atoms with van der Waals surface area (Å²) in [5, 5.41) is 9.69. The van der Waals surface area contributed by atoms with Gasteiger partial charge in [0.15, 0.2) is 16.5 Å². The number of benzene rings is 2. The van der Waals surface area contributed by atoms with Gasteiger partial charge in [0, 0.05) is 0 Å². The minimum absolute atomic E-state index is 0.0693. The van der Waals surface area contributed by atoms with Gasteiger partial charge < -0.3 is 9.84 Å². The van der Waals surface area contributed by atoms with Crippen molar-refractivity contribution in [2.24, 2.45) is 0 Å². The van der Waals surface area contributed by atoms with Crippen LogP contribution in [-0.4, -0.2) is 21.6 Å². The fraction of sp³-hybridized carbons (Fsp3) is 0.158. The van der Waals surface area contributed by atoms with Gasteiger partial charge in [0.05, 0.1) is 22.7 Å². The number of phenols is 1. The number of rotatable bonds is 2. The summed E-state index contributed by atoms with van der Waals surface area (Å²) in [6.45, 7) is 4.07. The van der Waals surface area contributed by atoms with E-state index in [1.54, 1.807) is 28.7 Å². The number of imidazole rings is 1. The fourth-order valence-corrected chi connectivity index (χ4v) is 3.84. The summed E-state index contributed by atoms with van der Waals surface area (Å²) in [5.74, 6) is 0.443. The van der Waals surface area contributed by atoms with E-state index in [4.69, 9.17) is 4.74 Å². The third-order valence-corrected chi connectivity index (χ3v) is 5.32. The van der Waals surface area contributed by atoms with Crippen LogP contribution in [0.25, 0.3) is 22.1 Å². The zero-order valence-electron chi connectivity index (χ0n) is 14.0. The van der Waals surface area contributed by atoms with E-state index in [9.17, 15) is 9.90 Å². The molecule has 4 aromatic rings. The quantitative estimate of drug-likeness (QED) is 0.602. The third-order valence-electron chi connectivity index (χ3n) is 4.36. The lowest BCUT2D eigenvalue weighted by Gasteiger charge is -2.03. The molecular formula is C19H16N2O3S. The number of hydrogen-bond donors (Lipinski definition) is 1. The van der Waals surface area contributed by atoms with Crippen LogP contribution in [0.5, 0.6) is 11.5 Å². The second-order valence-corrected chi connectivity index (χ2v) is 7.01. The molecule has 5 nitrogen and oxygen atoms in total. The first kappa shape index (κ1) is 15.7. The van der Waals surface area contributed by atoms with Crippen LogP contribution >= 0.6 is 11.3 Å². The van der Waals surface area contributed by atoms with Crippen molar-refractivity contribution in [2.75, 3.05) is 7.11 Å². The molecule has 0 radical (unpaired) electrons. The van der Waals surface area contributed by atoms with Crippen molar-refractivity contribution in [3.8, 4) is 11.5 Å². The standard InChI is InChI=1S/C19H16N2O3S/c1-10-6-13-14(7-11(10)2)21-18(23)17(25-19(21)20-13)9-12-4-5-15(22)16(8-12)24-3/h4-9,22H,1-3H3/b17-9+. The molecule has 0 bridgehead atoms. The molecule has 1 N–H and O–H groups in total. The molecule has 0 aliphatic heterocycles. The molecular weight excluding hydrogens is 336 g/mol. The van der Waals surface area contributed by atoms with E-state index < -0.39 is 0 Å². The highest BCUT2D eigenvalue weighted by Crippen LogP contribution is 2.26. The van der Waals surface area contributed by atoms with E-state index in [0.717, 1.165) is 27.7 Å². The van der Waals surface area contributed by atoms with Crippen molar-refractivity contribution in [2.45, 2.75) is 13.8 Å². The van der Waals surface area contributed by atoms with E-state index in [0.29, 0.717) is 15.2 Å². The summed E-state index contributed by atoms with van der Waals surface area (Å²) in [6, 6.07) is 9.01. The predicted molar refractivity (Wildman–Crippen MR) is 99.8 cm³/mol. The summed E-state index contributed by atoms with van der Waals surface area (Å²) in [4.78, 5) is 18.1. The Kier molecular flexibility index (Phi) is 3.51.